The minimum absolute atomic E-state index is 0.564. The molecule has 1 aliphatic rings. The molecule has 0 aliphatic heterocycles. The lowest BCUT2D eigenvalue weighted by Gasteiger charge is -2.05. The highest BCUT2D eigenvalue weighted by molar-refractivity contribution is 5.50. The van der Waals surface area contributed by atoms with Gasteiger partial charge in [0.15, 0.2) is 0 Å². The molecule has 0 amide bonds. The number of hydrogen-bond donors (Lipinski definition) is 2. The van der Waals surface area contributed by atoms with Crippen LogP contribution in [0, 0.1) is 5.92 Å². The summed E-state index contributed by atoms with van der Waals surface area (Å²) >= 11 is 0. The van der Waals surface area contributed by atoms with E-state index in [1.54, 1.807) is 6.20 Å². The summed E-state index contributed by atoms with van der Waals surface area (Å²) in [6, 6.07) is 14.9. The molecule has 1 aromatic carbocycles. The first-order chi connectivity index (χ1) is 9.83. The molecule has 3 rings (SSSR count). The van der Waals surface area contributed by atoms with Crippen molar-refractivity contribution in [3.8, 4) is 0 Å². The highest BCUT2D eigenvalue weighted by atomic mass is 15.0. The monoisotopic (exact) mass is 265 g/mol. The van der Waals surface area contributed by atoms with Crippen molar-refractivity contribution in [2.45, 2.75) is 19.0 Å². The van der Waals surface area contributed by atoms with E-state index in [4.69, 9.17) is 5.73 Å². The predicted molar refractivity (Wildman–Crippen MR) is 82.9 cm³/mol. The van der Waals surface area contributed by atoms with Gasteiger partial charge in [-0.25, -0.2) is 4.98 Å². The third-order valence-electron chi connectivity index (χ3n) is 3.66. The highest BCUT2D eigenvalue weighted by Gasteiger charge is 2.34. The third-order valence-corrected chi connectivity index (χ3v) is 3.66. The number of nitrogen functional groups attached to an aromatic ring is 1. The lowest BCUT2D eigenvalue weighted by Crippen LogP contribution is -2.18. The highest BCUT2D eigenvalue weighted by Crippen LogP contribution is 2.32. The van der Waals surface area contributed by atoms with E-state index >= 15 is 0 Å². The summed E-state index contributed by atoms with van der Waals surface area (Å²) in [5.74, 6) is 1.25. The zero-order chi connectivity index (χ0) is 13.8. The van der Waals surface area contributed by atoms with Crippen molar-refractivity contribution >= 4 is 11.9 Å². The van der Waals surface area contributed by atoms with Crippen LogP contribution in [0.4, 0.5) is 5.82 Å². The Hall–Kier alpha value is -2.13. The van der Waals surface area contributed by atoms with Crippen LogP contribution in [-0.2, 0) is 6.54 Å². The number of nitrogens with two attached hydrogens (primary N) is 1. The van der Waals surface area contributed by atoms with Gasteiger partial charge < -0.3 is 11.1 Å². The Kier molecular flexibility index (Phi) is 3.79. The molecule has 20 heavy (non-hydrogen) atoms. The summed E-state index contributed by atoms with van der Waals surface area (Å²) in [5.41, 5.74) is 8.16. The molecule has 2 atom stereocenters. The van der Waals surface area contributed by atoms with Crippen molar-refractivity contribution < 1.29 is 0 Å². The zero-order valence-corrected chi connectivity index (χ0v) is 11.4. The molecule has 102 valence electrons. The summed E-state index contributed by atoms with van der Waals surface area (Å²) in [7, 11) is 0. The Balaban J connectivity index is 1.48. The van der Waals surface area contributed by atoms with Crippen molar-refractivity contribution in [1.82, 2.24) is 10.3 Å². The topological polar surface area (TPSA) is 50.9 Å². The van der Waals surface area contributed by atoms with Gasteiger partial charge in [-0.05, 0) is 24.0 Å². The maximum Gasteiger partial charge on any atom is 0.127 e. The molecule has 1 aromatic heterocycles. The van der Waals surface area contributed by atoms with Crippen molar-refractivity contribution in [2.75, 3.05) is 5.73 Å². The maximum atomic E-state index is 5.83. The second-order valence-electron chi connectivity index (χ2n) is 5.20. The molecule has 1 saturated carbocycles. The van der Waals surface area contributed by atoms with E-state index in [0.717, 1.165) is 12.1 Å². The average Bonchev–Trinajstić information content (AvgIpc) is 3.24. The molecular weight excluding hydrogens is 246 g/mol. The fraction of sp³-hybridized carbons (Fsp3) is 0.235. The molecule has 2 unspecified atom stereocenters. The Morgan fingerprint density at radius 2 is 2.05 bits per heavy atom. The molecule has 1 aliphatic carbocycles. The SMILES string of the molecule is Nc1ncccc1CNC1CC1/C=C/c1ccccc1. The minimum Gasteiger partial charge on any atom is -0.383 e. The largest absolute Gasteiger partial charge is 0.383 e. The van der Waals surface area contributed by atoms with Crippen molar-refractivity contribution in [3.63, 3.8) is 0 Å². The number of nitrogens with zero attached hydrogens (tertiary/aromatic N) is 1. The molecular formula is C17H19N3. The van der Waals surface area contributed by atoms with Gasteiger partial charge in [0, 0.05) is 24.3 Å². The molecule has 1 fully saturated rings. The average molecular weight is 265 g/mol. The Labute approximate surface area is 119 Å². The molecule has 1 heterocycles. The summed E-state index contributed by atoms with van der Waals surface area (Å²) in [6.07, 6.45) is 7.41. The summed E-state index contributed by atoms with van der Waals surface area (Å²) in [4.78, 5) is 4.10. The summed E-state index contributed by atoms with van der Waals surface area (Å²) < 4.78 is 0. The maximum absolute atomic E-state index is 5.83. The number of benzene rings is 1. The standard InChI is InChI=1S/C17H19N3/c18-17-15(7-4-10-19-17)12-20-16-11-14(16)9-8-13-5-2-1-3-6-13/h1-10,14,16,20H,11-12H2,(H2,18,19)/b9-8+. The van der Waals surface area contributed by atoms with Crippen LogP contribution in [0.15, 0.2) is 54.7 Å². The fourth-order valence-electron chi connectivity index (χ4n) is 2.30. The number of aromatic nitrogens is 1. The van der Waals surface area contributed by atoms with Crippen LogP contribution in [0.2, 0.25) is 0 Å². The lowest BCUT2D eigenvalue weighted by atomic mass is 10.2. The van der Waals surface area contributed by atoms with Crippen LogP contribution >= 0.6 is 0 Å². The van der Waals surface area contributed by atoms with E-state index in [0.29, 0.717) is 17.8 Å². The number of hydrogen-bond acceptors (Lipinski definition) is 3. The van der Waals surface area contributed by atoms with E-state index in [9.17, 15) is 0 Å². The second kappa shape index (κ2) is 5.88. The minimum atomic E-state index is 0.564. The summed E-state index contributed by atoms with van der Waals surface area (Å²) in [6.45, 7) is 0.792. The van der Waals surface area contributed by atoms with Gasteiger partial charge in [-0.3, -0.25) is 0 Å². The first-order valence-corrected chi connectivity index (χ1v) is 6.99. The van der Waals surface area contributed by atoms with Crippen molar-refractivity contribution in [2.24, 2.45) is 5.92 Å². The number of rotatable bonds is 5. The van der Waals surface area contributed by atoms with Gasteiger partial charge in [-0.2, -0.15) is 0 Å². The van der Waals surface area contributed by atoms with Gasteiger partial charge in [0.25, 0.3) is 0 Å². The van der Waals surface area contributed by atoms with Crippen LogP contribution in [0.1, 0.15) is 17.5 Å². The molecule has 3 N–H and O–H groups in total. The van der Waals surface area contributed by atoms with Gasteiger partial charge in [-0.1, -0.05) is 48.6 Å². The fourth-order valence-corrected chi connectivity index (χ4v) is 2.30. The normalized spacial score (nSPS) is 21.2. The second-order valence-corrected chi connectivity index (χ2v) is 5.20. The van der Waals surface area contributed by atoms with E-state index < -0.39 is 0 Å². The van der Waals surface area contributed by atoms with E-state index in [-0.39, 0.29) is 0 Å². The molecule has 3 heteroatoms. The van der Waals surface area contributed by atoms with E-state index in [1.807, 2.05) is 18.2 Å². The van der Waals surface area contributed by atoms with E-state index in [2.05, 4.69) is 46.7 Å². The molecule has 3 nitrogen and oxygen atoms in total. The van der Waals surface area contributed by atoms with Crippen LogP contribution in [0.25, 0.3) is 6.08 Å². The molecule has 2 aromatic rings. The first kappa shape index (κ1) is 12.9. The van der Waals surface area contributed by atoms with E-state index in [1.165, 1.54) is 12.0 Å². The quantitative estimate of drug-likeness (QED) is 0.874. The van der Waals surface area contributed by atoms with Crippen LogP contribution < -0.4 is 11.1 Å². The van der Waals surface area contributed by atoms with Gasteiger partial charge in [0.1, 0.15) is 5.82 Å². The van der Waals surface area contributed by atoms with Crippen LogP contribution in [0.3, 0.4) is 0 Å². The van der Waals surface area contributed by atoms with Crippen LogP contribution in [-0.4, -0.2) is 11.0 Å². The van der Waals surface area contributed by atoms with Gasteiger partial charge in [0.05, 0.1) is 0 Å². The Bertz CT molecular complexity index is 592. The Morgan fingerprint density at radius 3 is 2.85 bits per heavy atom. The number of pyridine rings is 1. The number of anilines is 1. The number of nitrogens with one attached hydrogen (secondary N) is 1. The molecule has 0 spiro atoms. The van der Waals surface area contributed by atoms with Gasteiger partial charge in [0.2, 0.25) is 0 Å². The van der Waals surface area contributed by atoms with Gasteiger partial charge in [-0.15, -0.1) is 0 Å². The molecule has 0 radical (unpaired) electrons. The van der Waals surface area contributed by atoms with Gasteiger partial charge >= 0.3 is 0 Å². The summed E-state index contributed by atoms with van der Waals surface area (Å²) in [5, 5.41) is 3.53. The zero-order valence-electron chi connectivity index (χ0n) is 11.4. The smallest absolute Gasteiger partial charge is 0.127 e. The predicted octanol–water partition coefficient (Wildman–Crippen LogP) is 2.86. The Morgan fingerprint density at radius 1 is 1.20 bits per heavy atom. The molecule has 0 saturated heterocycles. The van der Waals surface area contributed by atoms with Crippen molar-refractivity contribution in [1.29, 1.82) is 0 Å². The first-order valence-electron chi connectivity index (χ1n) is 6.99. The van der Waals surface area contributed by atoms with Crippen molar-refractivity contribution in [3.05, 3.63) is 65.9 Å². The van der Waals surface area contributed by atoms with Crippen LogP contribution in [0.5, 0.6) is 0 Å². The lowest BCUT2D eigenvalue weighted by molar-refractivity contribution is 0.667. The third kappa shape index (κ3) is 3.25. The molecule has 0 bridgehead atoms.